The summed E-state index contributed by atoms with van der Waals surface area (Å²) < 4.78 is 3.06. The molecule has 0 amide bonds. The molecule has 0 aliphatic heterocycles. The molecule has 62 valence electrons. The quantitative estimate of drug-likeness (QED) is 0.653. The molecule has 0 atom stereocenters. The first-order chi connectivity index (χ1) is 4.93. The van der Waals surface area contributed by atoms with Crippen molar-refractivity contribution in [3.8, 4) is 0 Å². The predicted molar refractivity (Wildman–Crippen MR) is 49.7 cm³/mol. The first-order valence-electron chi connectivity index (χ1n) is 3.63. The Bertz CT molecular complexity index is 238. The number of nitrogens with zero attached hydrogens (tertiary/aromatic N) is 2. The molecule has 0 aromatic carbocycles. The molecule has 1 rings (SSSR count). The Balaban J connectivity index is 3.21. The van der Waals surface area contributed by atoms with Crippen LogP contribution in [-0.2, 0) is 5.54 Å². The highest BCUT2D eigenvalue weighted by Gasteiger charge is 2.17. The van der Waals surface area contributed by atoms with Gasteiger partial charge in [0.2, 0.25) is 0 Å². The molecule has 3 heteroatoms. The van der Waals surface area contributed by atoms with Crippen LogP contribution in [0.15, 0.2) is 10.9 Å². The lowest BCUT2D eigenvalue weighted by molar-refractivity contribution is 0.381. The van der Waals surface area contributed by atoms with Gasteiger partial charge in [0, 0.05) is 17.4 Å². The second-order valence-corrected chi connectivity index (χ2v) is 4.38. The topological polar surface area (TPSA) is 17.8 Å². The summed E-state index contributed by atoms with van der Waals surface area (Å²) in [5.41, 5.74) is 1.30. The lowest BCUT2D eigenvalue weighted by atomic mass is 10.1. The van der Waals surface area contributed by atoms with Crippen molar-refractivity contribution in [2.45, 2.75) is 33.2 Å². The van der Waals surface area contributed by atoms with E-state index in [1.54, 1.807) is 0 Å². The second-order valence-electron chi connectivity index (χ2n) is 3.67. The van der Waals surface area contributed by atoms with Gasteiger partial charge in [-0.15, -0.1) is 0 Å². The van der Waals surface area contributed by atoms with Crippen molar-refractivity contribution in [2.24, 2.45) is 0 Å². The van der Waals surface area contributed by atoms with Crippen molar-refractivity contribution in [3.63, 3.8) is 0 Å². The zero-order valence-corrected chi connectivity index (χ0v) is 8.94. The Hall–Kier alpha value is -0.310. The fraction of sp³-hybridized carbons (Fsp3) is 0.625. The number of halogens is 1. The zero-order chi connectivity index (χ0) is 8.65. The minimum atomic E-state index is 0.111. The van der Waals surface area contributed by atoms with Crippen LogP contribution in [0.2, 0.25) is 0 Å². The Morgan fingerprint density at radius 3 is 2.18 bits per heavy atom. The first kappa shape index (κ1) is 8.78. The molecule has 1 aromatic rings. The van der Waals surface area contributed by atoms with E-state index in [4.69, 9.17) is 0 Å². The van der Waals surface area contributed by atoms with Crippen LogP contribution < -0.4 is 0 Å². The third-order valence-corrected chi connectivity index (χ3v) is 2.13. The van der Waals surface area contributed by atoms with Crippen LogP contribution in [0.25, 0.3) is 0 Å². The fourth-order valence-corrected chi connectivity index (χ4v) is 2.13. The van der Waals surface area contributed by atoms with Crippen LogP contribution >= 0.6 is 15.9 Å². The standard InChI is InChI=1S/C8H13BrN2/c1-6-5-10-7(9)11(6)8(2,3)4/h5H,1-4H3. The van der Waals surface area contributed by atoms with Gasteiger partial charge in [-0.25, -0.2) is 4.98 Å². The summed E-state index contributed by atoms with van der Waals surface area (Å²) in [6, 6.07) is 0. The first-order valence-corrected chi connectivity index (χ1v) is 4.42. The molecule has 0 saturated heterocycles. The van der Waals surface area contributed by atoms with Crippen molar-refractivity contribution < 1.29 is 0 Å². The van der Waals surface area contributed by atoms with E-state index in [-0.39, 0.29) is 5.54 Å². The minimum absolute atomic E-state index is 0.111. The molecule has 0 saturated carbocycles. The average Bonchev–Trinajstić information content (AvgIpc) is 2.08. The molecule has 0 unspecified atom stereocenters. The van der Waals surface area contributed by atoms with Crippen molar-refractivity contribution >= 4 is 15.9 Å². The fourth-order valence-electron chi connectivity index (χ4n) is 1.21. The average molecular weight is 217 g/mol. The van der Waals surface area contributed by atoms with Crippen molar-refractivity contribution in [1.29, 1.82) is 0 Å². The predicted octanol–water partition coefficient (Wildman–Crippen LogP) is 2.71. The molecule has 0 N–H and O–H groups in total. The summed E-state index contributed by atoms with van der Waals surface area (Å²) in [5.74, 6) is 0. The Kier molecular flexibility index (Phi) is 2.10. The Morgan fingerprint density at radius 2 is 2.00 bits per heavy atom. The summed E-state index contributed by atoms with van der Waals surface area (Å²) in [6.07, 6.45) is 1.87. The van der Waals surface area contributed by atoms with Gasteiger partial charge in [0.25, 0.3) is 0 Å². The molecule has 0 bridgehead atoms. The summed E-state index contributed by atoms with van der Waals surface area (Å²) in [4.78, 5) is 4.16. The summed E-state index contributed by atoms with van der Waals surface area (Å²) in [7, 11) is 0. The molecular weight excluding hydrogens is 204 g/mol. The van der Waals surface area contributed by atoms with Crippen LogP contribution in [0.5, 0.6) is 0 Å². The highest BCUT2D eigenvalue weighted by atomic mass is 79.9. The van der Waals surface area contributed by atoms with E-state index >= 15 is 0 Å². The zero-order valence-electron chi connectivity index (χ0n) is 7.35. The van der Waals surface area contributed by atoms with Gasteiger partial charge in [0.05, 0.1) is 0 Å². The smallest absolute Gasteiger partial charge is 0.177 e. The maximum Gasteiger partial charge on any atom is 0.177 e. The van der Waals surface area contributed by atoms with Crippen LogP contribution in [0.3, 0.4) is 0 Å². The number of rotatable bonds is 0. The summed E-state index contributed by atoms with van der Waals surface area (Å²) >= 11 is 3.40. The van der Waals surface area contributed by atoms with Gasteiger partial charge in [-0.3, -0.25) is 0 Å². The molecule has 0 fully saturated rings. The van der Waals surface area contributed by atoms with Gasteiger partial charge in [-0.05, 0) is 43.6 Å². The van der Waals surface area contributed by atoms with Crippen LogP contribution in [-0.4, -0.2) is 9.55 Å². The van der Waals surface area contributed by atoms with E-state index in [0.717, 1.165) is 4.73 Å². The number of hydrogen-bond acceptors (Lipinski definition) is 1. The van der Waals surface area contributed by atoms with Crippen molar-refractivity contribution in [1.82, 2.24) is 9.55 Å². The van der Waals surface area contributed by atoms with Gasteiger partial charge >= 0.3 is 0 Å². The highest BCUT2D eigenvalue weighted by Crippen LogP contribution is 2.22. The van der Waals surface area contributed by atoms with E-state index < -0.39 is 0 Å². The maximum absolute atomic E-state index is 4.16. The minimum Gasteiger partial charge on any atom is -0.318 e. The van der Waals surface area contributed by atoms with Gasteiger partial charge in [-0.2, -0.15) is 0 Å². The molecule has 11 heavy (non-hydrogen) atoms. The van der Waals surface area contributed by atoms with Gasteiger partial charge in [0.1, 0.15) is 0 Å². The van der Waals surface area contributed by atoms with Crippen molar-refractivity contribution in [2.75, 3.05) is 0 Å². The summed E-state index contributed by atoms with van der Waals surface area (Å²) in [6.45, 7) is 8.54. The molecule has 1 heterocycles. The Labute approximate surface area is 75.8 Å². The monoisotopic (exact) mass is 216 g/mol. The van der Waals surface area contributed by atoms with Crippen LogP contribution in [0.4, 0.5) is 0 Å². The van der Waals surface area contributed by atoms with Crippen LogP contribution in [0.1, 0.15) is 26.5 Å². The molecule has 1 aromatic heterocycles. The van der Waals surface area contributed by atoms with Gasteiger partial charge < -0.3 is 4.57 Å². The normalized spacial score (nSPS) is 12.1. The number of aryl methyl sites for hydroxylation is 1. The molecule has 0 aliphatic carbocycles. The van der Waals surface area contributed by atoms with Crippen molar-refractivity contribution in [3.05, 3.63) is 16.6 Å². The SMILES string of the molecule is Cc1cnc(Br)n1C(C)(C)C. The van der Waals surface area contributed by atoms with Gasteiger partial charge in [-0.1, -0.05) is 0 Å². The largest absolute Gasteiger partial charge is 0.318 e. The lowest BCUT2D eigenvalue weighted by Gasteiger charge is -2.23. The Morgan fingerprint density at radius 1 is 1.45 bits per heavy atom. The second kappa shape index (κ2) is 2.63. The number of aromatic nitrogens is 2. The maximum atomic E-state index is 4.16. The van der Waals surface area contributed by atoms with E-state index in [0.29, 0.717) is 0 Å². The van der Waals surface area contributed by atoms with Gasteiger partial charge in [0.15, 0.2) is 4.73 Å². The molecule has 0 radical (unpaired) electrons. The third kappa shape index (κ3) is 1.64. The van der Waals surface area contributed by atoms with E-state index in [2.05, 4.69) is 53.2 Å². The van der Waals surface area contributed by atoms with E-state index in [9.17, 15) is 0 Å². The number of imidazole rings is 1. The lowest BCUT2D eigenvalue weighted by Crippen LogP contribution is -2.23. The van der Waals surface area contributed by atoms with E-state index in [1.807, 2.05) is 6.20 Å². The molecule has 0 spiro atoms. The third-order valence-electron chi connectivity index (χ3n) is 1.57. The van der Waals surface area contributed by atoms with E-state index in [1.165, 1.54) is 5.69 Å². The molecular formula is C8H13BrN2. The molecule has 0 aliphatic rings. The number of hydrogen-bond donors (Lipinski definition) is 0. The van der Waals surface area contributed by atoms with Crippen LogP contribution in [0, 0.1) is 6.92 Å². The summed E-state index contributed by atoms with van der Waals surface area (Å²) in [5, 5.41) is 0. The molecule has 2 nitrogen and oxygen atoms in total. The highest BCUT2D eigenvalue weighted by molar-refractivity contribution is 9.10.